The van der Waals surface area contributed by atoms with Gasteiger partial charge in [-0.25, -0.2) is 13.1 Å². The molecule has 1 heterocycles. The van der Waals surface area contributed by atoms with Crippen LogP contribution in [-0.4, -0.2) is 19.4 Å². The van der Waals surface area contributed by atoms with E-state index in [1.807, 2.05) is 6.92 Å². The highest BCUT2D eigenvalue weighted by atomic mass is 35.5. The monoisotopic (exact) mass is 310 g/mol. The molecule has 1 aromatic heterocycles. The second-order valence-corrected chi connectivity index (χ2v) is 7.97. The van der Waals surface area contributed by atoms with Gasteiger partial charge in [-0.2, -0.15) is 0 Å². The number of hydrogen-bond acceptors (Lipinski definition) is 5. The SMILES string of the molecule is CC1CC(NS(=O)(=O)c2cc([N+](=O)[O-])c(Cl)s2)C1. The molecule has 1 N–H and O–H groups in total. The number of nitrogens with zero attached hydrogens (tertiary/aromatic N) is 1. The lowest BCUT2D eigenvalue weighted by atomic mass is 9.83. The summed E-state index contributed by atoms with van der Waals surface area (Å²) in [5, 5.41) is 10.6. The van der Waals surface area contributed by atoms with Gasteiger partial charge in [0.1, 0.15) is 4.21 Å². The number of sulfonamides is 1. The second kappa shape index (κ2) is 4.76. The van der Waals surface area contributed by atoms with Crippen molar-refractivity contribution in [3.8, 4) is 0 Å². The summed E-state index contributed by atoms with van der Waals surface area (Å²) in [4.78, 5) is 9.92. The van der Waals surface area contributed by atoms with Gasteiger partial charge in [-0.15, -0.1) is 11.3 Å². The van der Waals surface area contributed by atoms with Gasteiger partial charge >= 0.3 is 0 Å². The fourth-order valence-electron chi connectivity index (χ4n) is 1.87. The minimum atomic E-state index is -3.70. The summed E-state index contributed by atoms with van der Waals surface area (Å²) in [6.45, 7) is 2.04. The maximum Gasteiger partial charge on any atom is 0.300 e. The molecule has 0 aromatic carbocycles. The van der Waals surface area contributed by atoms with E-state index in [0.29, 0.717) is 17.3 Å². The third-order valence-corrected chi connectivity index (χ3v) is 6.14. The average molecular weight is 311 g/mol. The Balaban J connectivity index is 2.19. The van der Waals surface area contributed by atoms with Gasteiger partial charge in [0.25, 0.3) is 15.7 Å². The molecular weight excluding hydrogens is 300 g/mol. The van der Waals surface area contributed by atoms with Crippen molar-refractivity contribution in [2.75, 3.05) is 0 Å². The molecule has 0 bridgehead atoms. The first-order chi connectivity index (χ1) is 8.29. The lowest BCUT2D eigenvalue weighted by Gasteiger charge is -2.32. The quantitative estimate of drug-likeness (QED) is 0.683. The van der Waals surface area contributed by atoms with E-state index in [2.05, 4.69) is 4.72 Å². The molecule has 0 atom stereocenters. The van der Waals surface area contributed by atoms with Gasteiger partial charge < -0.3 is 0 Å². The summed E-state index contributed by atoms with van der Waals surface area (Å²) >= 11 is 6.34. The summed E-state index contributed by atoms with van der Waals surface area (Å²) in [6.07, 6.45) is 1.58. The van der Waals surface area contributed by atoms with Gasteiger partial charge in [-0.1, -0.05) is 18.5 Å². The number of hydrogen-bond donors (Lipinski definition) is 1. The topological polar surface area (TPSA) is 89.3 Å². The molecule has 0 aliphatic heterocycles. The second-order valence-electron chi connectivity index (χ2n) is 4.38. The summed E-state index contributed by atoms with van der Waals surface area (Å²) in [6, 6.07) is 0.919. The zero-order chi connectivity index (χ0) is 13.5. The van der Waals surface area contributed by atoms with E-state index in [1.54, 1.807) is 0 Å². The Bertz CT molecular complexity index is 577. The fourth-order valence-corrected chi connectivity index (χ4v) is 4.81. The highest BCUT2D eigenvalue weighted by Crippen LogP contribution is 2.37. The molecule has 0 spiro atoms. The molecule has 1 saturated carbocycles. The molecule has 9 heteroatoms. The van der Waals surface area contributed by atoms with Crippen LogP contribution in [0.5, 0.6) is 0 Å². The minimum Gasteiger partial charge on any atom is -0.258 e. The molecule has 1 aliphatic rings. The fraction of sp³-hybridized carbons (Fsp3) is 0.556. The Morgan fingerprint density at radius 3 is 2.61 bits per heavy atom. The Labute approximate surface area is 113 Å². The number of nitrogens with one attached hydrogen (secondary N) is 1. The molecule has 6 nitrogen and oxygen atoms in total. The van der Waals surface area contributed by atoms with Crippen molar-refractivity contribution >= 4 is 38.6 Å². The van der Waals surface area contributed by atoms with Crippen molar-refractivity contribution in [3.05, 3.63) is 20.5 Å². The van der Waals surface area contributed by atoms with Crippen LogP contribution in [0.3, 0.4) is 0 Å². The maximum atomic E-state index is 11.9. The molecule has 0 radical (unpaired) electrons. The Kier molecular flexibility index (Phi) is 3.63. The van der Waals surface area contributed by atoms with E-state index in [4.69, 9.17) is 11.6 Å². The van der Waals surface area contributed by atoms with Crippen LogP contribution in [0.15, 0.2) is 10.3 Å². The minimum absolute atomic E-state index is 0.0788. The van der Waals surface area contributed by atoms with E-state index < -0.39 is 14.9 Å². The van der Waals surface area contributed by atoms with Crippen LogP contribution in [0.4, 0.5) is 5.69 Å². The first-order valence-electron chi connectivity index (χ1n) is 5.25. The average Bonchev–Trinajstić information content (AvgIpc) is 2.58. The van der Waals surface area contributed by atoms with Crippen LogP contribution in [0.1, 0.15) is 19.8 Å². The van der Waals surface area contributed by atoms with Gasteiger partial charge in [0.15, 0.2) is 4.34 Å². The Morgan fingerprint density at radius 2 is 2.17 bits per heavy atom. The molecule has 0 saturated heterocycles. The van der Waals surface area contributed by atoms with E-state index in [1.165, 1.54) is 0 Å². The highest BCUT2D eigenvalue weighted by Gasteiger charge is 2.32. The summed E-state index contributed by atoms with van der Waals surface area (Å²) < 4.78 is 26.2. The van der Waals surface area contributed by atoms with Crippen LogP contribution >= 0.6 is 22.9 Å². The van der Waals surface area contributed by atoms with E-state index >= 15 is 0 Å². The van der Waals surface area contributed by atoms with Crippen molar-refractivity contribution in [3.63, 3.8) is 0 Å². The first kappa shape index (κ1) is 13.7. The zero-order valence-electron chi connectivity index (χ0n) is 9.42. The summed E-state index contributed by atoms with van der Waals surface area (Å²) in [5.41, 5.74) is -0.371. The molecule has 0 amide bonds. The smallest absolute Gasteiger partial charge is 0.258 e. The van der Waals surface area contributed by atoms with E-state index in [-0.39, 0.29) is 20.3 Å². The molecular formula is C9H11ClN2O4S2. The molecule has 2 rings (SSSR count). The van der Waals surface area contributed by atoms with Gasteiger partial charge in [0.05, 0.1) is 4.92 Å². The van der Waals surface area contributed by atoms with Crippen LogP contribution < -0.4 is 4.72 Å². The van der Waals surface area contributed by atoms with Crippen molar-refractivity contribution in [2.24, 2.45) is 5.92 Å². The molecule has 1 fully saturated rings. The number of halogens is 1. The Morgan fingerprint density at radius 1 is 1.56 bits per heavy atom. The van der Waals surface area contributed by atoms with Crippen molar-refractivity contribution < 1.29 is 13.3 Å². The predicted octanol–water partition coefficient (Wildman–Crippen LogP) is 2.39. The van der Waals surface area contributed by atoms with E-state index in [9.17, 15) is 18.5 Å². The van der Waals surface area contributed by atoms with Gasteiger partial charge in [-0.3, -0.25) is 10.1 Å². The summed E-state index contributed by atoms with van der Waals surface area (Å²) in [7, 11) is -3.70. The van der Waals surface area contributed by atoms with Gasteiger partial charge in [0, 0.05) is 12.1 Å². The van der Waals surface area contributed by atoms with Crippen LogP contribution in [0, 0.1) is 16.0 Å². The summed E-state index contributed by atoms with van der Waals surface area (Å²) in [5.74, 6) is 0.513. The highest BCUT2D eigenvalue weighted by molar-refractivity contribution is 7.91. The van der Waals surface area contributed by atoms with Crippen molar-refractivity contribution in [1.82, 2.24) is 4.72 Å². The zero-order valence-corrected chi connectivity index (χ0v) is 11.8. The molecule has 18 heavy (non-hydrogen) atoms. The standard InChI is InChI=1S/C9H11ClN2O4S2/c1-5-2-6(3-5)11-18(15,16)8-4-7(12(13)14)9(10)17-8/h4-6,11H,2-3H2,1H3. The first-order valence-corrected chi connectivity index (χ1v) is 7.93. The molecule has 100 valence electrons. The molecule has 0 unspecified atom stereocenters. The number of thiophene rings is 1. The lowest BCUT2D eigenvalue weighted by molar-refractivity contribution is -0.384. The Hall–Kier alpha value is -0.700. The van der Waals surface area contributed by atoms with Gasteiger partial charge in [0.2, 0.25) is 0 Å². The number of nitro groups is 1. The van der Waals surface area contributed by atoms with Crippen LogP contribution in [0.2, 0.25) is 4.34 Å². The predicted molar refractivity (Wildman–Crippen MR) is 68.5 cm³/mol. The number of rotatable bonds is 4. The van der Waals surface area contributed by atoms with E-state index in [0.717, 1.165) is 18.9 Å². The van der Waals surface area contributed by atoms with Crippen LogP contribution in [0.25, 0.3) is 0 Å². The van der Waals surface area contributed by atoms with Gasteiger partial charge in [-0.05, 0) is 18.8 Å². The lowest BCUT2D eigenvalue weighted by Crippen LogP contribution is -2.43. The third kappa shape index (κ3) is 2.66. The van der Waals surface area contributed by atoms with Crippen molar-refractivity contribution in [2.45, 2.75) is 30.0 Å². The maximum absolute atomic E-state index is 11.9. The molecule has 1 aromatic rings. The van der Waals surface area contributed by atoms with Crippen LogP contribution in [-0.2, 0) is 10.0 Å². The molecule has 1 aliphatic carbocycles. The third-order valence-electron chi connectivity index (χ3n) is 2.80. The van der Waals surface area contributed by atoms with Crippen molar-refractivity contribution in [1.29, 1.82) is 0 Å². The largest absolute Gasteiger partial charge is 0.300 e. The normalized spacial score (nSPS) is 23.7.